The number of anilines is 1. The van der Waals surface area contributed by atoms with Crippen molar-refractivity contribution in [2.24, 2.45) is 0 Å². The van der Waals surface area contributed by atoms with E-state index in [0.29, 0.717) is 17.0 Å². The molecular formula is C13H15NO6. The van der Waals surface area contributed by atoms with E-state index >= 15 is 0 Å². The lowest BCUT2D eigenvalue weighted by Gasteiger charge is -2.10. The lowest BCUT2D eigenvalue weighted by Crippen LogP contribution is -2.14. The second-order valence-corrected chi connectivity index (χ2v) is 4.10. The minimum atomic E-state index is -1.08. The molecule has 108 valence electrons. The summed E-state index contributed by atoms with van der Waals surface area (Å²) < 4.78 is 5.00. The summed E-state index contributed by atoms with van der Waals surface area (Å²) in [6.07, 6.45) is -0.337. The maximum absolute atomic E-state index is 11.5. The van der Waals surface area contributed by atoms with Gasteiger partial charge in [-0.3, -0.25) is 9.59 Å². The molecule has 20 heavy (non-hydrogen) atoms. The van der Waals surface area contributed by atoms with Crippen LogP contribution in [-0.4, -0.2) is 34.7 Å². The molecule has 0 bridgehead atoms. The highest BCUT2D eigenvalue weighted by molar-refractivity contribution is 5.93. The van der Waals surface area contributed by atoms with Crippen molar-refractivity contribution in [2.75, 3.05) is 11.9 Å². The fraction of sp³-hybridized carbons (Fsp3) is 0.308. The Hall–Kier alpha value is -2.57. The van der Waals surface area contributed by atoms with Gasteiger partial charge in [0.15, 0.2) is 6.61 Å². The van der Waals surface area contributed by atoms with Crippen molar-refractivity contribution in [3.05, 3.63) is 23.8 Å². The molecule has 1 amide bonds. The molecular weight excluding hydrogens is 266 g/mol. The first kappa shape index (κ1) is 15.5. The van der Waals surface area contributed by atoms with Gasteiger partial charge in [-0.1, -0.05) is 0 Å². The van der Waals surface area contributed by atoms with E-state index in [1.54, 1.807) is 19.1 Å². The number of carbonyl (C=O) groups is 3. The number of ether oxygens (including phenoxy) is 1. The van der Waals surface area contributed by atoms with E-state index in [1.807, 2.05) is 0 Å². The van der Waals surface area contributed by atoms with Crippen molar-refractivity contribution in [3.8, 4) is 5.75 Å². The quantitative estimate of drug-likeness (QED) is 0.693. The molecule has 1 aromatic rings. The number of amides is 1. The standard InChI is InChI=1S/C13H15NO6/c1-8-6-9(20-7-13(18)19)2-3-10(8)14-11(15)4-5-12(16)17/h2-3,6H,4-5,7H2,1H3,(H,14,15)(H,16,17)(H,18,19). The third kappa shape index (κ3) is 5.38. The largest absolute Gasteiger partial charge is 0.482 e. The van der Waals surface area contributed by atoms with Crippen LogP contribution in [-0.2, 0) is 14.4 Å². The van der Waals surface area contributed by atoms with E-state index in [1.165, 1.54) is 6.07 Å². The lowest BCUT2D eigenvalue weighted by atomic mass is 10.2. The topological polar surface area (TPSA) is 113 Å². The monoisotopic (exact) mass is 281 g/mol. The van der Waals surface area contributed by atoms with Crippen molar-refractivity contribution < 1.29 is 29.3 Å². The highest BCUT2D eigenvalue weighted by Crippen LogP contribution is 2.21. The molecule has 0 fully saturated rings. The van der Waals surface area contributed by atoms with Crippen LogP contribution < -0.4 is 10.1 Å². The molecule has 7 heteroatoms. The zero-order chi connectivity index (χ0) is 15.1. The van der Waals surface area contributed by atoms with Gasteiger partial charge in [0.2, 0.25) is 5.91 Å². The highest BCUT2D eigenvalue weighted by atomic mass is 16.5. The van der Waals surface area contributed by atoms with Crippen molar-refractivity contribution >= 4 is 23.5 Å². The normalized spacial score (nSPS) is 9.85. The molecule has 1 rings (SSSR count). The maximum atomic E-state index is 11.5. The first-order valence-electron chi connectivity index (χ1n) is 5.85. The summed E-state index contributed by atoms with van der Waals surface area (Å²) in [5, 5.41) is 19.6. The van der Waals surface area contributed by atoms with Crippen LogP contribution in [0, 0.1) is 6.92 Å². The first-order valence-corrected chi connectivity index (χ1v) is 5.85. The zero-order valence-electron chi connectivity index (χ0n) is 10.9. The fourth-order valence-electron chi connectivity index (χ4n) is 1.44. The molecule has 0 radical (unpaired) electrons. The predicted molar refractivity (Wildman–Crippen MR) is 69.8 cm³/mol. The van der Waals surface area contributed by atoms with Gasteiger partial charge >= 0.3 is 11.9 Å². The number of carboxylic acids is 2. The Labute approximate surface area is 115 Å². The van der Waals surface area contributed by atoms with Gasteiger partial charge in [-0.15, -0.1) is 0 Å². The van der Waals surface area contributed by atoms with Crippen LogP contribution in [0.3, 0.4) is 0 Å². The average Bonchev–Trinajstić information content (AvgIpc) is 2.36. The Morgan fingerprint density at radius 2 is 1.85 bits per heavy atom. The van der Waals surface area contributed by atoms with Crippen molar-refractivity contribution in [3.63, 3.8) is 0 Å². The van der Waals surface area contributed by atoms with Gasteiger partial charge < -0.3 is 20.3 Å². The molecule has 7 nitrogen and oxygen atoms in total. The average molecular weight is 281 g/mol. The number of carbonyl (C=O) groups excluding carboxylic acids is 1. The SMILES string of the molecule is Cc1cc(OCC(=O)O)ccc1NC(=O)CCC(=O)O. The van der Waals surface area contributed by atoms with Gasteiger partial charge in [-0.05, 0) is 30.7 Å². The molecule has 0 atom stereocenters. The molecule has 3 N–H and O–H groups in total. The van der Waals surface area contributed by atoms with E-state index in [2.05, 4.69) is 5.32 Å². The Kier molecular flexibility index (Phi) is 5.52. The minimum Gasteiger partial charge on any atom is -0.482 e. The molecule has 0 aliphatic rings. The van der Waals surface area contributed by atoms with Crippen LogP contribution in [0.5, 0.6) is 5.75 Å². The van der Waals surface area contributed by atoms with E-state index in [0.717, 1.165) is 0 Å². The number of rotatable bonds is 7. The molecule has 1 aromatic carbocycles. The Balaban J connectivity index is 2.61. The summed E-state index contributed by atoms with van der Waals surface area (Å²) in [7, 11) is 0. The molecule has 0 spiro atoms. The van der Waals surface area contributed by atoms with E-state index in [-0.39, 0.29) is 12.8 Å². The summed E-state index contributed by atoms with van der Waals surface area (Å²) in [6, 6.07) is 4.70. The number of nitrogens with one attached hydrogen (secondary N) is 1. The van der Waals surface area contributed by atoms with Crippen LogP contribution in [0.1, 0.15) is 18.4 Å². The molecule has 0 saturated heterocycles. The predicted octanol–water partition coefficient (Wildman–Crippen LogP) is 1.26. The summed E-state index contributed by atoms with van der Waals surface area (Å²) in [5.41, 5.74) is 1.22. The highest BCUT2D eigenvalue weighted by Gasteiger charge is 2.08. The van der Waals surface area contributed by atoms with E-state index < -0.39 is 24.5 Å². The van der Waals surface area contributed by atoms with Crippen LogP contribution in [0.15, 0.2) is 18.2 Å². The Morgan fingerprint density at radius 1 is 1.15 bits per heavy atom. The molecule has 0 saturated carbocycles. The van der Waals surface area contributed by atoms with Gasteiger partial charge in [0.05, 0.1) is 6.42 Å². The third-order valence-electron chi connectivity index (χ3n) is 2.40. The molecule has 0 aromatic heterocycles. The van der Waals surface area contributed by atoms with E-state index in [9.17, 15) is 14.4 Å². The lowest BCUT2D eigenvalue weighted by molar-refractivity contribution is -0.139. The Morgan fingerprint density at radius 3 is 2.40 bits per heavy atom. The summed E-state index contributed by atoms with van der Waals surface area (Å²) in [4.78, 5) is 32.2. The maximum Gasteiger partial charge on any atom is 0.341 e. The van der Waals surface area contributed by atoms with Crippen molar-refractivity contribution in [2.45, 2.75) is 19.8 Å². The molecule has 0 aliphatic heterocycles. The van der Waals surface area contributed by atoms with Gasteiger partial charge in [-0.2, -0.15) is 0 Å². The first-order chi connectivity index (χ1) is 9.38. The Bertz CT molecular complexity index is 526. The van der Waals surface area contributed by atoms with Crippen LogP contribution in [0.25, 0.3) is 0 Å². The smallest absolute Gasteiger partial charge is 0.341 e. The van der Waals surface area contributed by atoms with Crippen LogP contribution in [0.2, 0.25) is 0 Å². The van der Waals surface area contributed by atoms with Gasteiger partial charge in [0.1, 0.15) is 5.75 Å². The summed E-state index contributed by atoms with van der Waals surface area (Å²) in [5.74, 6) is -2.12. The number of aryl methyl sites for hydroxylation is 1. The summed E-state index contributed by atoms with van der Waals surface area (Å²) >= 11 is 0. The zero-order valence-corrected chi connectivity index (χ0v) is 10.9. The number of hydrogen-bond donors (Lipinski definition) is 3. The number of aliphatic carboxylic acids is 2. The second kappa shape index (κ2) is 7.13. The molecule has 0 heterocycles. The van der Waals surface area contributed by atoms with E-state index in [4.69, 9.17) is 14.9 Å². The molecule has 0 unspecified atom stereocenters. The van der Waals surface area contributed by atoms with Crippen LogP contribution in [0.4, 0.5) is 5.69 Å². The number of benzene rings is 1. The van der Waals surface area contributed by atoms with Crippen LogP contribution >= 0.6 is 0 Å². The third-order valence-corrected chi connectivity index (χ3v) is 2.40. The van der Waals surface area contributed by atoms with Crippen molar-refractivity contribution in [1.29, 1.82) is 0 Å². The summed E-state index contributed by atoms with van der Waals surface area (Å²) in [6.45, 7) is 1.28. The number of carboxylic acid groups (broad SMARTS) is 2. The molecule has 0 aliphatic carbocycles. The van der Waals surface area contributed by atoms with Gasteiger partial charge in [0, 0.05) is 12.1 Å². The fourth-order valence-corrected chi connectivity index (χ4v) is 1.44. The van der Waals surface area contributed by atoms with Gasteiger partial charge in [-0.25, -0.2) is 4.79 Å². The van der Waals surface area contributed by atoms with Gasteiger partial charge in [0.25, 0.3) is 0 Å². The number of hydrogen-bond acceptors (Lipinski definition) is 4. The second-order valence-electron chi connectivity index (χ2n) is 4.10. The van der Waals surface area contributed by atoms with Crippen molar-refractivity contribution in [1.82, 2.24) is 0 Å². The minimum absolute atomic E-state index is 0.105.